The highest BCUT2D eigenvalue weighted by atomic mass is 15.9. The van der Waals surface area contributed by atoms with E-state index in [1.54, 1.807) is 0 Å². The Labute approximate surface area is 278 Å². The summed E-state index contributed by atoms with van der Waals surface area (Å²) in [5.74, 6) is 0. The number of aromatic nitrogens is 2. The molecule has 5 nitrogen and oxygen atoms in total. The lowest BCUT2D eigenvalue weighted by Crippen LogP contribution is -2.26. The van der Waals surface area contributed by atoms with Crippen molar-refractivity contribution in [3.8, 4) is 22.5 Å². The molecule has 0 saturated carbocycles. The number of fused-ring (bicyclic) bond motifs is 7. The predicted octanol–water partition coefficient (Wildman–Crippen LogP) is 9.71. The van der Waals surface area contributed by atoms with Crippen molar-refractivity contribution >= 4 is 43.6 Å². The number of hydrogen-bond acceptors (Lipinski definition) is 3. The molecule has 1 fully saturated rings. The molecule has 2 aliphatic rings. The Morgan fingerprint density at radius 3 is 1.62 bits per heavy atom. The minimum absolute atomic E-state index is 0.108. The van der Waals surface area contributed by atoms with Gasteiger partial charge >= 0.3 is 0 Å². The maximum absolute atomic E-state index is 3.51. The first-order valence-corrected chi connectivity index (χ1v) is 16.6. The molecule has 2 aromatic heterocycles. The molecule has 0 amide bonds. The van der Waals surface area contributed by atoms with Crippen LogP contribution in [0.1, 0.15) is 11.7 Å². The lowest BCUT2D eigenvalue weighted by molar-refractivity contribution is 0.254. The summed E-state index contributed by atoms with van der Waals surface area (Å²) >= 11 is 0. The smallest absolute Gasteiger partial charge is 0.135 e. The third-order valence-electron chi connectivity index (χ3n) is 10.1. The van der Waals surface area contributed by atoms with Crippen LogP contribution in [0.25, 0.3) is 66.1 Å². The summed E-state index contributed by atoms with van der Waals surface area (Å²) in [6, 6.07) is 51.0. The largest absolute Gasteiger partial charge is 0.309 e. The average Bonchev–Trinajstić information content (AvgIpc) is 3.63. The Kier molecular flexibility index (Phi) is 6.00. The van der Waals surface area contributed by atoms with E-state index in [0.717, 1.165) is 5.69 Å². The quantitative estimate of drug-likeness (QED) is 0.188. The van der Waals surface area contributed by atoms with Gasteiger partial charge in [-0.15, -0.1) is 0 Å². The molecule has 48 heavy (non-hydrogen) atoms. The Bertz CT molecular complexity index is 2550. The van der Waals surface area contributed by atoms with Gasteiger partial charge < -0.3 is 9.13 Å². The number of nitrogens with one attached hydrogen (secondary N) is 1. The van der Waals surface area contributed by atoms with Gasteiger partial charge in [0.25, 0.3) is 0 Å². The van der Waals surface area contributed by atoms with Crippen molar-refractivity contribution in [1.29, 1.82) is 0 Å². The number of benzene rings is 6. The second kappa shape index (κ2) is 10.6. The van der Waals surface area contributed by atoms with Crippen molar-refractivity contribution in [2.75, 3.05) is 7.05 Å². The molecule has 5 heteroatoms. The van der Waals surface area contributed by atoms with Gasteiger partial charge in [0, 0.05) is 39.1 Å². The topological polar surface area (TPSA) is 27.9 Å². The summed E-state index contributed by atoms with van der Waals surface area (Å²) in [5.41, 5.74) is 10.9. The normalized spacial score (nSPS) is 17.5. The van der Waals surface area contributed by atoms with Gasteiger partial charge in [-0.2, -0.15) is 5.01 Å². The minimum Gasteiger partial charge on any atom is -0.309 e. The van der Waals surface area contributed by atoms with Gasteiger partial charge in [-0.3, -0.25) is 10.3 Å². The summed E-state index contributed by atoms with van der Waals surface area (Å²) in [6.07, 6.45) is 9.00. The first-order valence-electron chi connectivity index (χ1n) is 16.6. The maximum atomic E-state index is 3.51. The Morgan fingerprint density at radius 1 is 0.521 bits per heavy atom. The van der Waals surface area contributed by atoms with Crippen molar-refractivity contribution in [1.82, 2.24) is 24.5 Å². The monoisotopic (exact) mass is 619 g/mol. The SMILES string of the molecule is CNC(c1ccc(-n2c3ccccc3c3cc(-c4ccc5c(c4)c4ccccc4n5-c4ccccc4)ccc32)cc1)N1C2C=CC=CN21. The van der Waals surface area contributed by atoms with Crippen molar-refractivity contribution in [2.24, 2.45) is 0 Å². The summed E-state index contributed by atoms with van der Waals surface area (Å²) in [6.45, 7) is 0. The Hall–Kier alpha value is -5.88. The fourth-order valence-electron chi connectivity index (χ4n) is 7.84. The van der Waals surface area contributed by atoms with Gasteiger partial charge in [0.05, 0.1) is 22.1 Å². The summed E-state index contributed by atoms with van der Waals surface area (Å²) in [4.78, 5) is 0. The van der Waals surface area contributed by atoms with E-state index in [9.17, 15) is 0 Å². The number of hydrogen-bond donors (Lipinski definition) is 1. The zero-order chi connectivity index (χ0) is 31.8. The Morgan fingerprint density at radius 2 is 1.06 bits per heavy atom. The molecule has 1 saturated heterocycles. The van der Waals surface area contributed by atoms with Gasteiger partial charge in [0.2, 0.25) is 0 Å². The van der Waals surface area contributed by atoms with E-state index in [1.807, 2.05) is 7.05 Å². The number of rotatable bonds is 6. The molecule has 8 aromatic rings. The van der Waals surface area contributed by atoms with Crippen molar-refractivity contribution in [3.05, 3.63) is 170 Å². The molecule has 4 heterocycles. The zero-order valence-electron chi connectivity index (χ0n) is 26.5. The van der Waals surface area contributed by atoms with Crippen LogP contribution >= 0.6 is 0 Å². The molecule has 2 aliphatic heterocycles. The molecule has 1 N–H and O–H groups in total. The lowest BCUT2D eigenvalue weighted by Gasteiger charge is -2.18. The van der Waals surface area contributed by atoms with Gasteiger partial charge in [-0.1, -0.05) is 84.9 Å². The molecule has 3 unspecified atom stereocenters. The number of allylic oxidation sites excluding steroid dienone is 2. The molecule has 10 rings (SSSR count). The van der Waals surface area contributed by atoms with E-state index in [-0.39, 0.29) is 6.17 Å². The summed E-state index contributed by atoms with van der Waals surface area (Å²) < 4.78 is 4.77. The van der Waals surface area contributed by atoms with Gasteiger partial charge in [0.15, 0.2) is 0 Å². The van der Waals surface area contributed by atoms with E-state index in [2.05, 4.69) is 188 Å². The van der Waals surface area contributed by atoms with Gasteiger partial charge in [-0.05, 0) is 96.6 Å². The van der Waals surface area contributed by atoms with Crippen molar-refractivity contribution in [2.45, 2.75) is 12.3 Å². The highest BCUT2D eigenvalue weighted by Gasteiger charge is 2.46. The fraction of sp³-hybridized carbons (Fsp3) is 0.0698. The second-order valence-electron chi connectivity index (χ2n) is 12.7. The third kappa shape index (κ3) is 4.05. The molecule has 0 aliphatic carbocycles. The fourth-order valence-corrected chi connectivity index (χ4v) is 7.84. The van der Waals surface area contributed by atoms with E-state index < -0.39 is 0 Å². The molecule has 0 bridgehead atoms. The van der Waals surface area contributed by atoms with E-state index in [4.69, 9.17) is 0 Å². The molecule has 230 valence electrons. The van der Waals surface area contributed by atoms with Crippen LogP contribution in [0.15, 0.2) is 164 Å². The van der Waals surface area contributed by atoms with E-state index >= 15 is 0 Å². The molecule has 0 radical (unpaired) electrons. The third-order valence-corrected chi connectivity index (χ3v) is 10.1. The summed E-state index contributed by atoms with van der Waals surface area (Å²) in [7, 11) is 2.03. The minimum atomic E-state index is 0.108. The van der Waals surface area contributed by atoms with Crippen LogP contribution in [0.4, 0.5) is 0 Å². The number of hydrazine groups is 1. The van der Waals surface area contributed by atoms with E-state index in [1.165, 1.54) is 66.0 Å². The Balaban J connectivity index is 1.07. The van der Waals surface area contributed by atoms with Crippen LogP contribution in [-0.4, -0.2) is 32.4 Å². The highest BCUT2D eigenvalue weighted by Crippen LogP contribution is 2.40. The standard InChI is InChI=1S/C43H33N5/c1-44-43(48-42-17-9-10-26-45(42)48)29-18-22-33(23-19-29)47-39-16-8-6-14-35(39)37-28-31(21-25-41(37)47)30-20-24-40-36(27-30)34-13-5-7-15-38(34)46(40)32-11-3-2-4-12-32/h2-28,42-44H,1H3. The molecule has 3 atom stereocenters. The van der Waals surface area contributed by atoms with Gasteiger partial charge in [-0.25, -0.2) is 0 Å². The molecular formula is C43H33N5. The first-order chi connectivity index (χ1) is 23.8. The van der Waals surface area contributed by atoms with Crippen LogP contribution < -0.4 is 5.32 Å². The number of nitrogens with zero attached hydrogens (tertiary/aromatic N) is 4. The molecule has 0 spiro atoms. The van der Waals surface area contributed by atoms with Gasteiger partial charge in [0.1, 0.15) is 12.3 Å². The lowest BCUT2D eigenvalue weighted by atomic mass is 10.0. The van der Waals surface area contributed by atoms with Crippen LogP contribution in [0.5, 0.6) is 0 Å². The average molecular weight is 620 g/mol. The molecule has 6 aromatic carbocycles. The van der Waals surface area contributed by atoms with Crippen molar-refractivity contribution < 1.29 is 0 Å². The van der Waals surface area contributed by atoms with Crippen LogP contribution in [0.2, 0.25) is 0 Å². The van der Waals surface area contributed by atoms with E-state index in [0.29, 0.717) is 6.17 Å². The second-order valence-corrected chi connectivity index (χ2v) is 12.7. The summed E-state index contributed by atoms with van der Waals surface area (Å²) in [5, 5.41) is 13.2. The predicted molar refractivity (Wildman–Crippen MR) is 198 cm³/mol. The maximum Gasteiger partial charge on any atom is 0.135 e. The highest BCUT2D eigenvalue weighted by molar-refractivity contribution is 6.12. The van der Waals surface area contributed by atoms with Crippen LogP contribution in [0, 0.1) is 0 Å². The van der Waals surface area contributed by atoms with Crippen molar-refractivity contribution in [3.63, 3.8) is 0 Å². The first kappa shape index (κ1) is 27.3. The van der Waals surface area contributed by atoms with Crippen LogP contribution in [0.3, 0.4) is 0 Å². The zero-order valence-corrected chi connectivity index (χ0v) is 26.5. The molecular weight excluding hydrogens is 587 g/mol. The van der Waals surface area contributed by atoms with Crippen LogP contribution in [-0.2, 0) is 0 Å². The number of para-hydroxylation sites is 3.